The molecule has 3 aromatic heterocycles. The lowest BCUT2D eigenvalue weighted by Gasteiger charge is -2.20. The van der Waals surface area contributed by atoms with Crippen LogP contribution in [0, 0.1) is 57.0 Å². The van der Waals surface area contributed by atoms with E-state index in [0.29, 0.717) is 47.2 Å². The Labute approximate surface area is 315 Å². The van der Waals surface area contributed by atoms with Crippen molar-refractivity contribution >= 4 is 17.6 Å². The van der Waals surface area contributed by atoms with Crippen LogP contribution >= 0.6 is 0 Å². The second-order valence-electron chi connectivity index (χ2n) is 13.8. The topological polar surface area (TPSA) is 164 Å². The van der Waals surface area contributed by atoms with Crippen LogP contribution in [0.3, 0.4) is 0 Å². The first-order valence-electron chi connectivity index (χ1n) is 17.4. The third kappa shape index (κ3) is 8.50. The number of aryl methyl sites for hydroxylation is 4. The van der Waals surface area contributed by atoms with Gasteiger partial charge in [0, 0.05) is 16.9 Å². The van der Waals surface area contributed by atoms with Crippen LogP contribution in [0.5, 0.6) is 17.2 Å². The van der Waals surface area contributed by atoms with Crippen LogP contribution in [0.4, 0.5) is 19.0 Å². The van der Waals surface area contributed by atoms with Gasteiger partial charge in [0.25, 0.3) is 0 Å². The monoisotopic (exact) mass is 755 g/mol. The molecule has 2 fully saturated rings. The van der Waals surface area contributed by atoms with E-state index in [0.717, 1.165) is 17.5 Å². The van der Waals surface area contributed by atoms with E-state index in [1.165, 1.54) is 37.4 Å². The van der Waals surface area contributed by atoms with Gasteiger partial charge in [-0.3, -0.25) is 9.59 Å². The van der Waals surface area contributed by atoms with Crippen LogP contribution in [0.1, 0.15) is 47.0 Å². The van der Waals surface area contributed by atoms with Gasteiger partial charge in [-0.15, -0.1) is 0 Å². The molecule has 0 saturated heterocycles. The van der Waals surface area contributed by atoms with Gasteiger partial charge in [-0.2, -0.15) is 0 Å². The highest BCUT2D eigenvalue weighted by Gasteiger charge is 2.61. The van der Waals surface area contributed by atoms with Gasteiger partial charge in [0.15, 0.2) is 23.1 Å². The fraction of sp³-hybridized carbons (Fsp3) is 0.325. The minimum Gasteiger partial charge on any atom is -0.493 e. The number of anilines is 1. The van der Waals surface area contributed by atoms with Crippen LogP contribution < -0.4 is 25.3 Å². The maximum atomic E-state index is 14.0. The molecule has 2 saturated carbocycles. The summed E-state index contributed by atoms with van der Waals surface area (Å²) in [6.45, 7) is 7.60. The molecular weight excluding hydrogens is 715 g/mol. The molecule has 0 bridgehead atoms. The predicted octanol–water partition coefficient (Wildman–Crippen LogP) is 5.81. The fourth-order valence-corrected chi connectivity index (χ4v) is 6.75. The average Bonchev–Trinajstić information content (AvgIpc) is 4.07. The Morgan fingerprint density at radius 2 is 1.25 bits per heavy atom. The third-order valence-electron chi connectivity index (χ3n) is 9.98. The van der Waals surface area contributed by atoms with Crippen molar-refractivity contribution in [1.29, 1.82) is 0 Å². The number of carbonyl (C=O) groups excluding carboxylic acids is 2. The molecule has 7 rings (SSSR count). The molecule has 0 aliphatic heterocycles. The van der Waals surface area contributed by atoms with Crippen molar-refractivity contribution in [3.05, 3.63) is 125 Å². The molecule has 5 aromatic rings. The standard InChI is InChI=1S/C23H22F2N4O3.C17H18FN3O2/c1-13-20(11-26-14(2)28-13)32-12-23(15-5-4-6-16(24)7-15)9-17(23)22(30)29-21-8-19(31-3)18(25)10-27-21;1-10-15(8-20-11(2)21-10)23-9-17(7-14(17)16(19)22)12-4-3-5-13(18)6-12/h4-8,10-11,17H,9,12H2,1-3H3,(H,27,29,30);3-6,8,14H,7,9H2,1-2H3,(H2,19,22)/t17-,23+;14-,17+/m00/s1. The van der Waals surface area contributed by atoms with Gasteiger partial charge >= 0.3 is 0 Å². The van der Waals surface area contributed by atoms with Crippen molar-refractivity contribution in [1.82, 2.24) is 24.9 Å². The number of rotatable bonds is 12. The number of aromatic nitrogens is 5. The van der Waals surface area contributed by atoms with Crippen LogP contribution in [-0.2, 0) is 20.4 Å². The van der Waals surface area contributed by atoms with E-state index in [1.54, 1.807) is 50.5 Å². The highest BCUT2D eigenvalue weighted by atomic mass is 19.1. The Morgan fingerprint density at radius 3 is 1.71 bits per heavy atom. The molecule has 2 aliphatic rings. The lowest BCUT2D eigenvalue weighted by atomic mass is 9.93. The lowest BCUT2D eigenvalue weighted by molar-refractivity contribution is -0.120. The van der Waals surface area contributed by atoms with E-state index in [9.17, 15) is 22.8 Å². The number of amides is 2. The Morgan fingerprint density at radius 1 is 0.745 bits per heavy atom. The van der Waals surface area contributed by atoms with E-state index in [4.69, 9.17) is 19.9 Å². The number of carbonyl (C=O) groups is 2. The zero-order valence-electron chi connectivity index (χ0n) is 30.9. The summed E-state index contributed by atoms with van der Waals surface area (Å²) in [5.41, 5.74) is 6.94. The smallest absolute Gasteiger partial charge is 0.229 e. The normalized spacial score (nSPS) is 20.7. The zero-order chi connectivity index (χ0) is 39.5. The van der Waals surface area contributed by atoms with Crippen molar-refractivity contribution in [2.45, 2.75) is 51.4 Å². The Bertz CT molecular complexity index is 2240. The van der Waals surface area contributed by atoms with Gasteiger partial charge in [0.2, 0.25) is 11.8 Å². The molecular formula is C40H40F3N7O5. The quantitative estimate of drug-likeness (QED) is 0.159. The molecule has 2 aromatic carbocycles. The van der Waals surface area contributed by atoms with Crippen molar-refractivity contribution in [2.24, 2.45) is 17.6 Å². The second-order valence-corrected chi connectivity index (χ2v) is 13.8. The molecule has 3 heterocycles. The van der Waals surface area contributed by atoms with Gasteiger partial charge in [-0.25, -0.2) is 38.1 Å². The summed E-state index contributed by atoms with van der Waals surface area (Å²) in [7, 11) is 1.33. The maximum absolute atomic E-state index is 14.0. The minimum absolute atomic E-state index is 0.0272. The SMILES string of the molecule is COc1cc(NC(=O)[C@@H]2C[C@@]2(COc2cnc(C)nc2C)c2cccc(F)c2)ncc1F.Cc1ncc(OC[C@@]2(c3cccc(F)c3)C[C@H]2C(N)=O)c(C)n1. The van der Waals surface area contributed by atoms with Crippen LogP contribution in [0.2, 0.25) is 0 Å². The summed E-state index contributed by atoms with van der Waals surface area (Å²) in [5, 5.41) is 2.69. The molecule has 55 heavy (non-hydrogen) atoms. The maximum Gasteiger partial charge on any atom is 0.229 e. The molecule has 2 amide bonds. The summed E-state index contributed by atoms with van der Waals surface area (Å²) < 4.78 is 57.9. The molecule has 0 spiro atoms. The number of ether oxygens (including phenoxy) is 3. The third-order valence-corrected chi connectivity index (χ3v) is 9.98. The zero-order valence-corrected chi connectivity index (χ0v) is 30.9. The van der Waals surface area contributed by atoms with Gasteiger partial charge in [0.05, 0.1) is 62.1 Å². The molecule has 2 aliphatic carbocycles. The number of benzene rings is 2. The fourth-order valence-electron chi connectivity index (χ4n) is 6.75. The van der Waals surface area contributed by atoms with E-state index >= 15 is 0 Å². The Hall–Kier alpha value is -6.12. The van der Waals surface area contributed by atoms with Crippen LogP contribution in [0.25, 0.3) is 0 Å². The van der Waals surface area contributed by atoms with Crippen molar-refractivity contribution in [3.63, 3.8) is 0 Å². The summed E-state index contributed by atoms with van der Waals surface area (Å²) in [6.07, 6.45) is 5.18. The summed E-state index contributed by atoms with van der Waals surface area (Å²) in [5.74, 6) is -0.441. The number of nitrogens with two attached hydrogens (primary N) is 1. The molecule has 3 N–H and O–H groups in total. The summed E-state index contributed by atoms with van der Waals surface area (Å²) in [4.78, 5) is 45.3. The number of primary amides is 1. The molecule has 0 unspecified atom stereocenters. The van der Waals surface area contributed by atoms with Gasteiger partial charge < -0.3 is 25.3 Å². The molecule has 12 nitrogen and oxygen atoms in total. The van der Waals surface area contributed by atoms with Gasteiger partial charge in [0.1, 0.15) is 29.1 Å². The van der Waals surface area contributed by atoms with Crippen molar-refractivity contribution in [3.8, 4) is 17.2 Å². The highest BCUT2D eigenvalue weighted by Crippen LogP contribution is 2.56. The van der Waals surface area contributed by atoms with E-state index in [-0.39, 0.29) is 42.4 Å². The Balaban J connectivity index is 0.000000197. The second kappa shape index (κ2) is 15.7. The summed E-state index contributed by atoms with van der Waals surface area (Å²) in [6, 6.07) is 13.7. The number of hydrogen-bond acceptors (Lipinski definition) is 10. The predicted molar refractivity (Wildman–Crippen MR) is 195 cm³/mol. The lowest BCUT2D eigenvalue weighted by Crippen LogP contribution is -2.27. The van der Waals surface area contributed by atoms with Crippen molar-refractivity contribution < 1.29 is 37.0 Å². The number of pyridine rings is 1. The first-order valence-corrected chi connectivity index (χ1v) is 17.4. The van der Waals surface area contributed by atoms with Crippen LogP contribution in [-0.4, -0.2) is 57.1 Å². The molecule has 4 atom stereocenters. The van der Waals surface area contributed by atoms with Gasteiger partial charge in [-0.1, -0.05) is 24.3 Å². The summed E-state index contributed by atoms with van der Waals surface area (Å²) >= 11 is 0. The minimum atomic E-state index is -0.729. The number of methoxy groups -OCH3 is 1. The molecule has 0 radical (unpaired) electrons. The molecule has 286 valence electrons. The van der Waals surface area contributed by atoms with E-state index in [2.05, 4.69) is 30.2 Å². The number of hydrogen-bond donors (Lipinski definition) is 2. The Kier molecular flexibility index (Phi) is 11.0. The first-order chi connectivity index (χ1) is 26.2. The van der Waals surface area contributed by atoms with Crippen LogP contribution in [0.15, 0.2) is 73.2 Å². The van der Waals surface area contributed by atoms with Gasteiger partial charge in [-0.05, 0) is 75.9 Å². The first kappa shape index (κ1) is 38.6. The van der Waals surface area contributed by atoms with E-state index < -0.39 is 34.3 Å². The average molecular weight is 756 g/mol. The van der Waals surface area contributed by atoms with E-state index in [1.807, 2.05) is 13.8 Å². The number of nitrogens with zero attached hydrogens (tertiary/aromatic N) is 5. The largest absolute Gasteiger partial charge is 0.493 e. The van der Waals surface area contributed by atoms with Crippen molar-refractivity contribution in [2.75, 3.05) is 25.6 Å². The highest BCUT2D eigenvalue weighted by molar-refractivity contribution is 5.95. The number of halogens is 3. The number of nitrogens with one attached hydrogen (secondary N) is 1. The molecule has 15 heteroatoms.